The molecule has 2 heterocycles. The minimum atomic E-state index is -0.0969. The predicted molar refractivity (Wildman–Crippen MR) is 118 cm³/mol. The fraction of sp³-hybridized carbons (Fsp3) is 0.480. The fourth-order valence-corrected chi connectivity index (χ4v) is 3.34. The Morgan fingerprint density at radius 2 is 1.93 bits per heavy atom. The zero-order valence-corrected chi connectivity index (χ0v) is 18.5. The molecule has 0 bridgehead atoms. The van der Waals surface area contributed by atoms with Crippen LogP contribution < -0.4 is 10.3 Å². The van der Waals surface area contributed by atoms with Crippen LogP contribution in [-0.4, -0.2) is 37.1 Å². The van der Waals surface area contributed by atoms with Crippen molar-refractivity contribution in [3.8, 4) is 17.6 Å². The van der Waals surface area contributed by atoms with Gasteiger partial charge in [0.05, 0.1) is 25.9 Å². The Bertz CT molecular complexity index is 967. The molecule has 1 aromatic heterocycles. The maximum Gasteiger partial charge on any atom is 0.254 e. The molecule has 2 unspecified atom stereocenters. The zero-order valence-electron chi connectivity index (χ0n) is 18.5. The minimum Gasteiger partial charge on any atom is -0.491 e. The average Bonchev–Trinajstić information content (AvgIpc) is 2.71. The van der Waals surface area contributed by atoms with E-state index >= 15 is 0 Å². The number of aromatic nitrogens is 1. The standard InChI is InChI=1S/C25H31NO4/c1-18-14-22(30-17-23-16-28-12-13-29-23)15-24(27)26(18)19(2)21-8-6-20(7-9-21)10-11-25(3,4)5/h6-9,14-15,19,23H,12-13,16-17H2,1-5H3. The van der Waals surface area contributed by atoms with Crippen molar-refractivity contribution in [2.75, 3.05) is 26.4 Å². The van der Waals surface area contributed by atoms with Crippen molar-refractivity contribution in [1.82, 2.24) is 4.57 Å². The first-order valence-corrected chi connectivity index (χ1v) is 10.4. The van der Waals surface area contributed by atoms with Crippen LogP contribution in [0.5, 0.6) is 5.75 Å². The third kappa shape index (κ3) is 5.98. The van der Waals surface area contributed by atoms with Gasteiger partial charge in [-0.3, -0.25) is 4.79 Å². The second kappa shape index (κ2) is 9.51. The highest BCUT2D eigenvalue weighted by Crippen LogP contribution is 2.21. The molecule has 3 rings (SSSR count). The van der Waals surface area contributed by atoms with Crippen molar-refractivity contribution < 1.29 is 14.2 Å². The molecule has 160 valence electrons. The number of hydrogen-bond acceptors (Lipinski definition) is 4. The van der Waals surface area contributed by atoms with Crippen LogP contribution in [0.1, 0.15) is 50.6 Å². The summed E-state index contributed by atoms with van der Waals surface area (Å²) < 4.78 is 18.5. The molecule has 2 atom stereocenters. The van der Waals surface area contributed by atoms with E-state index < -0.39 is 0 Å². The molecule has 0 amide bonds. The number of nitrogens with zero attached hydrogens (tertiary/aromatic N) is 1. The molecule has 1 aliphatic rings. The molecule has 30 heavy (non-hydrogen) atoms. The van der Waals surface area contributed by atoms with Crippen LogP contribution in [0.15, 0.2) is 41.2 Å². The van der Waals surface area contributed by atoms with Crippen LogP contribution >= 0.6 is 0 Å². The van der Waals surface area contributed by atoms with Gasteiger partial charge in [0.1, 0.15) is 18.5 Å². The molecule has 0 radical (unpaired) electrons. The first kappa shape index (κ1) is 22.1. The molecule has 5 nitrogen and oxygen atoms in total. The lowest BCUT2D eigenvalue weighted by atomic mass is 9.97. The molecule has 1 fully saturated rings. The first-order valence-electron chi connectivity index (χ1n) is 10.4. The van der Waals surface area contributed by atoms with Gasteiger partial charge in [-0.05, 0) is 58.4 Å². The second-order valence-electron chi connectivity index (χ2n) is 8.72. The van der Waals surface area contributed by atoms with E-state index in [4.69, 9.17) is 14.2 Å². The molecule has 1 saturated heterocycles. The van der Waals surface area contributed by atoms with Crippen LogP contribution in [0.4, 0.5) is 0 Å². The fourth-order valence-electron chi connectivity index (χ4n) is 3.34. The average molecular weight is 410 g/mol. The van der Waals surface area contributed by atoms with Crippen molar-refractivity contribution >= 4 is 0 Å². The monoisotopic (exact) mass is 409 g/mol. The van der Waals surface area contributed by atoms with Crippen molar-refractivity contribution in [3.63, 3.8) is 0 Å². The van der Waals surface area contributed by atoms with Gasteiger partial charge in [0.25, 0.3) is 5.56 Å². The van der Waals surface area contributed by atoms with Gasteiger partial charge in [-0.1, -0.05) is 24.0 Å². The smallest absolute Gasteiger partial charge is 0.254 e. The Balaban J connectivity index is 1.73. The highest BCUT2D eigenvalue weighted by molar-refractivity contribution is 5.38. The summed E-state index contributed by atoms with van der Waals surface area (Å²) in [6.45, 7) is 12.3. The molecule has 0 N–H and O–H groups in total. The van der Waals surface area contributed by atoms with Crippen molar-refractivity contribution in [2.45, 2.75) is 46.8 Å². The number of rotatable bonds is 5. The van der Waals surface area contributed by atoms with Gasteiger partial charge in [-0.2, -0.15) is 0 Å². The molecule has 5 heteroatoms. The minimum absolute atomic E-state index is 0.0314. The Morgan fingerprint density at radius 3 is 2.53 bits per heavy atom. The van der Waals surface area contributed by atoms with Crippen molar-refractivity contribution in [3.05, 3.63) is 63.6 Å². The van der Waals surface area contributed by atoms with E-state index in [0.717, 1.165) is 16.8 Å². The number of benzene rings is 1. The molecule has 1 aromatic carbocycles. The van der Waals surface area contributed by atoms with Crippen LogP contribution in [0.2, 0.25) is 0 Å². The lowest BCUT2D eigenvalue weighted by Crippen LogP contribution is -2.33. The Kier molecular flexibility index (Phi) is 7.02. The van der Waals surface area contributed by atoms with Gasteiger partial charge in [0.15, 0.2) is 0 Å². The van der Waals surface area contributed by atoms with E-state index in [0.29, 0.717) is 32.2 Å². The molecular formula is C25H31NO4. The summed E-state index contributed by atoms with van der Waals surface area (Å²) in [4.78, 5) is 12.8. The van der Waals surface area contributed by atoms with E-state index in [-0.39, 0.29) is 23.1 Å². The van der Waals surface area contributed by atoms with Gasteiger partial charge in [-0.15, -0.1) is 0 Å². The molecule has 0 spiro atoms. The van der Waals surface area contributed by atoms with E-state index in [2.05, 4.69) is 32.6 Å². The highest BCUT2D eigenvalue weighted by atomic mass is 16.6. The highest BCUT2D eigenvalue weighted by Gasteiger charge is 2.17. The van der Waals surface area contributed by atoms with E-state index in [9.17, 15) is 4.79 Å². The number of hydrogen-bond donors (Lipinski definition) is 0. The molecule has 1 aliphatic heterocycles. The largest absolute Gasteiger partial charge is 0.491 e. The maximum atomic E-state index is 12.8. The third-order valence-electron chi connectivity index (χ3n) is 4.92. The topological polar surface area (TPSA) is 49.7 Å². The molecule has 2 aromatic rings. The summed E-state index contributed by atoms with van der Waals surface area (Å²) in [5.74, 6) is 7.01. The normalized spacial score (nSPS) is 17.7. The molecule has 0 saturated carbocycles. The maximum absolute atomic E-state index is 12.8. The summed E-state index contributed by atoms with van der Waals surface area (Å²) >= 11 is 0. The van der Waals surface area contributed by atoms with Crippen molar-refractivity contribution in [1.29, 1.82) is 0 Å². The van der Waals surface area contributed by atoms with Crippen LogP contribution in [0, 0.1) is 24.2 Å². The Morgan fingerprint density at radius 1 is 1.20 bits per heavy atom. The Labute approximate surface area is 179 Å². The van der Waals surface area contributed by atoms with Crippen LogP contribution in [0.3, 0.4) is 0 Å². The van der Waals surface area contributed by atoms with Gasteiger partial charge in [0, 0.05) is 22.7 Å². The summed E-state index contributed by atoms with van der Waals surface area (Å²) in [5.41, 5.74) is 2.76. The zero-order chi connectivity index (χ0) is 21.7. The quantitative estimate of drug-likeness (QED) is 0.702. The van der Waals surface area contributed by atoms with E-state index in [1.165, 1.54) is 6.07 Å². The van der Waals surface area contributed by atoms with E-state index in [1.807, 2.05) is 44.2 Å². The summed E-state index contributed by atoms with van der Waals surface area (Å²) in [7, 11) is 0. The second-order valence-corrected chi connectivity index (χ2v) is 8.72. The van der Waals surface area contributed by atoms with Gasteiger partial charge >= 0.3 is 0 Å². The number of ether oxygens (including phenoxy) is 3. The third-order valence-corrected chi connectivity index (χ3v) is 4.92. The van der Waals surface area contributed by atoms with Crippen molar-refractivity contribution in [2.24, 2.45) is 5.41 Å². The molecular weight excluding hydrogens is 378 g/mol. The number of pyridine rings is 1. The lowest BCUT2D eigenvalue weighted by molar-refractivity contribution is -0.101. The first-order chi connectivity index (χ1) is 14.2. The predicted octanol–water partition coefficient (Wildman–Crippen LogP) is 3.96. The lowest BCUT2D eigenvalue weighted by Gasteiger charge is -2.23. The summed E-state index contributed by atoms with van der Waals surface area (Å²) in [6.07, 6.45) is -0.0969. The van der Waals surface area contributed by atoms with Crippen LogP contribution in [-0.2, 0) is 9.47 Å². The summed E-state index contributed by atoms with van der Waals surface area (Å²) in [6, 6.07) is 11.4. The van der Waals surface area contributed by atoms with Gasteiger partial charge < -0.3 is 18.8 Å². The Hall–Kier alpha value is -2.55. The summed E-state index contributed by atoms with van der Waals surface area (Å²) in [5, 5.41) is 0. The van der Waals surface area contributed by atoms with E-state index in [1.54, 1.807) is 4.57 Å². The molecule has 0 aliphatic carbocycles. The van der Waals surface area contributed by atoms with Crippen LogP contribution in [0.25, 0.3) is 0 Å². The van der Waals surface area contributed by atoms with Gasteiger partial charge in [0.2, 0.25) is 0 Å². The SMILES string of the molecule is Cc1cc(OCC2COCCO2)cc(=O)n1C(C)c1ccc(C#CC(C)(C)C)cc1. The van der Waals surface area contributed by atoms with Gasteiger partial charge in [-0.25, -0.2) is 0 Å². The number of aryl methyl sites for hydroxylation is 1.